The highest BCUT2D eigenvalue weighted by Gasteiger charge is 2.32. The second-order valence-electron chi connectivity index (χ2n) is 7.01. The van der Waals surface area contributed by atoms with E-state index in [1.165, 1.54) is 0 Å². The van der Waals surface area contributed by atoms with Gasteiger partial charge in [-0.1, -0.05) is 62.4 Å². The van der Waals surface area contributed by atoms with Crippen molar-refractivity contribution in [3.8, 4) is 5.75 Å². The van der Waals surface area contributed by atoms with Gasteiger partial charge in [-0.25, -0.2) is 0 Å². The lowest BCUT2D eigenvalue weighted by Gasteiger charge is -2.31. The monoisotopic (exact) mass is 380 g/mol. The van der Waals surface area contributed by atoms with Gasteiger partial charge in [-0.3, -0.25) is 4.79 Å². The molecule has 1 aliphatic rings. The number of benzene rings is 2. The van der Waals surface area contributed by atoms with E-state index in [2.05, 4.69) is 24.5 Å². The number of ether oxygens (including phenoxy) is 1. The van der Waals surface area contributed by atoms with Crippen molar-refractivity contribution in [1.82, 2.24) is 10.6 Å². The van der Waals surface area contributed by atoms with Crippen molar-refractivity contribution in [2.75, 3.05) is 6.61 Å². The minimum Gasteiger partial charge on any atom is -0.493 e. The minimum atomic E-state index is -0.366. The second-order valence-corrected chi connectivity index (χ2v) is 7.42. The van der Waals surface area contributed by atoms with E-state index in [0.717, 1.165) is 17.0 Å². The number of Topliss-reactive ketones (excluding diaryl/α,β-unsaturated/α-hetero) is 1. The summed E-state index contributed by atoms with van der Waals surface area (Å²) in [6, 6.07) is 16.7. The van der Waals surface area contributed by atoms with E-state index in [1.807, 2.05) is 61.5 Å². The van der Waals surface area contributed by atoms with Crippen LogP contribution >= 0.6 is 12.2 Å². The van der Waals surface area contributed by atoms with Crippen molar-refractivity contribution >= 4 is 23.1 Å². The lowest BCUT2D eigenvalue weighted by molar-refractivity contribution is 0.102. The van der Waals surface area contributed by atoms with Crippen LogP contribution in [0.4, 0.5) is 0 Å². The van der Waals surface area contributed by atoms with Crippen molar-refractivity contribution in [1.29, 1.82) is 0 Å². The molecule has 140 valence electrons. The molecule has 0 spiro atoms. The molecule has 0 bridgehead atoms. The number of carbonyl (C=O) groups excluding carboxylic acids is 1. The van der Waals surface area contributed by atoms with Gasteiger partial charge in [-0.05, 0) is 31.1 Å². The van der Waals surface area contributed by atoms with Gasteiger partial charge in [0.1, 0.15) is 5.75 Å². The van der Waals surface area contributed by atoms with E-state index >= 15 is 0 Å². The highest BCUT2D eigenvalue weighted by molar-refractivity contribution is 7.80. The maximum absolute atomic E-state index is 13.3. The Balaban J connectivity index is 2.04. The molecule has 0 amide bonds. The number of nitrogens with one attached hydrogen (secondary N) is 2. The van der Waals surface area contributed by atoms with Gasteiger partial charge in [0, 0.05) is 22.4 Å². The first-order chi connectivity index (χ1) is 13.0. The molecular formula is C22H24N2O2S. The summed E-state index contributed by atoms with van der Waals surface area (Å²) in [5, 5.41) is 6.84. The summed E-state index contributed by atoms with van der Waals surface area (Å²) in [6.45, 7) is 6.70. The molecule has 1 atom stereocenters. The predicted octanol–water partition coefficient (Wildman–Crippen LogP) is 4.40. The van der Waals surface area contributed by atoms with Crippen LogP contribution in [0, 0.1) is 5.92 Å². The van der Waals surface area contributed by atoms with Crippen LogP contribution in [0.25, 0.3) is 0 Å². The molecule has 0 saturated heterocycles. The summed E-state index contributed by atoms with van der Waals surface area (Å²) >= 11 is 5.36. The van der Waals surface area contributed by atoms with Crippen LogP contribution in [0.5, 0.6) is 5.75 Å². The molecule has 0 radical (unpaired) electrons. The molecule has 0 saturated carbocycles. The number of carbonyl (C=O) groups is 1. The third-order valence-corrected chi connectivity index (χ3v) is 4.57. The largest absolute Gasteiger partial charge is 0.493 e. The Labute approximate surface area is 165 Å². The number of allylic oxidation sites excluding steroid dienone is 1. The molecule has 0 aliphatic carbocycles. The molecule has 0 aromatic heterocycles. The van der Waals surface area contributed by atoms with Gasteiger partial charge in [0.05, 0.1) is 12.6 Å². The fraction of sp³-hybridized carbons (Fsp3) is 0.273. The van der Waals surface area contributed by atoms with Gasteiger partial charge < -0.3 is 15.4 Å². The summed E-state index contributed by atoms with van der Waals surface area (Å²) in [6.07, 6.45) is 0. The van der Waals surface area contributed by atoms with Crippen LogP contribution in [-0.4, -0.2) is 17.5 Å². The lowest BCUT2D eigenvalue weighted by atomic mass is 9.89. The van der Waals surface area contributed by atoms with E-state index in [1.54, 1.807) is 0 Å². The first-order valence-corrected chi connectivity index (χ1v) is 9.48. The molecular weight excluding hydrogens is 356 g/mol. The fourth-order valence-electron chi connectivity index (χ4n) is 3.08. The number of hydrogen-bond acceptors (Lipinski definition) is 3. The van der Waals surface area contributed by atoms with Gasteiger partial charge in [0.25, 0.3) is 0 Å². The SMILES string of the molecule is CC1=C(C(=O)c2ccccc2)C(c2ccccc2OCC(C)C)NC(=S)N1. The van der Waals surface area contributed by atoms with Gasteiger partial charge in [0.2, 0.25) is 0 Å². The molecule has 2 aromatic carbocycles. The molecule has 3 rings (SSSR count). The molecule has 1 heterocycles. The quantitative estimate of drug-likeness (QED) is 0.575. The first kappa shape index (κ1) is 19.1. The molecule has 2 aromatic rings. The lowest BCUT2D eigenvalue weighted by Crippen LogP contribution is -2.45. The third-order valence-electron chi connectivity index (χ3n) is 4.35. The first-order valence-electron chi connectivity index (χ1n) is 9.07. The Morgan fingerprint density at radius 1 is 1.11 bits per heavy atom. The summed E-state index contributed by atoms with van der Waals surface area (Å²) in [7, 11) is 0. The Bertz CT molecular complexity index is 875. The third kappa shape index (κ3) is 4.37. The Morgan fingerprint density at radius 3 is 2.48 bits per heavy atom. The van der Waals surface area contributed by atoms with Crippen molar-refractivity contribution in [2.24, 2.45) is 5.92 Å². The van der Waals surface area contributed by atoms with Crippen LogP contribution < -0.4 is 15.4 Å². The van der Waals surface area contributed by atoms with Crippen LogP contribution in [0.1, 0.15) is 42.7 Å². The standard InChI is InChI=1S/C22H24N2O2S/c1-14(2)13-26-18-12-8-7-11-17(18)20-19(15(3)23-22(27)24-20)21(25)16-9-5-4-6-10-16/h4-12,14,20H,13H2,1-3H3,(H2,23,24,27). The topological polar surface area (TPSA) is 50.4 Å². The summed E-state index contributed by atoms with van der Waals surface area (Å²) in [5.74, 6) is 1.14. The molecule has 27 heavy (non-hydrogen) atoms. The maximum Gasteiger partial charge on any atom is 0.193 e. The number of thiocarbonyl (C=S) groups is 1. The van der Waals surface area contributed by atoms with Crippen molar-refractivity contribution < 1.29 is 9.53 Å². The van der Waals surface area contributed by atoms with Gasteiger partial charge in [-0.2, -0.15) is 0 Å². The van der Waals surface area contributed by atoms with E-state index in [4.69, 9.17) is 17.0 Å². The summed E-state index contributed by atoms with van der Waals surface area (Å²) in [4.78, 5) is 13.3. The number of hydrogen-bond donors (Lipinski definition) is 2. The van der Waals surface area contributed by atoms with Gasteiger partial charge in [-0.15, -0.1) is 0 Å². The van der Waals surface area contributed by atoms with E-state index < -0.39 is 0 Å². The van der Waals surface area contributed by atoms with E-state index in [9.17, 15) is 4.79 Å². The van der Waals surface area contributed by atoms with Crippen LogP contribution in [0.3, 0.4) is 0 Å². The number of rotatable bonds is 6. The fourth-order valence-corrected chi connectivity index (χ4v) is 3.35. The molecule has 0 fully saturated rings. The van der Waals surface area contributed by atoms with Crippen LogP contribution in [0.2, 0.25) is 0 Å². The van der Waals surface area contributed by atoms with Crippen LogP contribution in [-0.2, 0) is 0 Å². The summed E-state index contributed by atoms with van der Waals surface area (Å²) in [5.41, 5.74) is 2.96. The van der Waals surface area contributed by atoms with E-state index in [0.29, 0.717) is 28.8 Å². The molecule has 1 aliphatic heterocycles. The highest BCUT2D eigenvalue weighted by atomic mass is 32.1. The van der Waals surface area contributed by atoms with Crippen molar-refractivity contribution in [2.45, 2.75) is 26.8 Å². The Kier molecular flexibility index (Phi) is 5.91. The predicted molar refractivity (Wildman–Crippen MR) is 112 cm³/mol. The molecule has 1 unspecified atom stereocenters. The normalized spacial score (nSPS) is 16.7. The zero-order valence-corrected chi connectivity index (χ0v) is 16.6. The average Bonchev–Trinajstić information content (AvgIpc) is 2.66. The van der Waals surface area contributed by atoms with E-state index in [-0.39, 0.29) is 11.8 Å². The average molecular weight is 381 g/mol. The van der Waals surface area contributed by atoms with Crippen molar-refractivity contribution in [3.05, 3.63) is 77.0 Å². The zero-order valence-electron chi connectivity index (χ0n) is 15.8. The Hall–Kier alpha value is -2.66. The van der Waals surface area contributed by atoms with Gasteiger partial charge >= 0.3 is 0 Å². The minimum absolute atomic E-state index is 0.0285. The molecule has 2 N–H and O–H groups in total. The molecule has 4 nitrogen and oxygen atoms in total. The number of para-hydroxylation sites is 1. The Morgan fingerprint density at radius 2 is 1.78 bits per heavy atom. The highest BCUT2D eigenvalue weighted by Crippen LogP contribution is 2.34. The van der Waals surface area contributed by atoms with Crippen LogP contribution in [0.15, 0.2) is 65.9 Å². The maximum atomic E-state index is 13.3. The van der Waals surface area contributed by atoms with Gasteiger partial charge in [0.15, 0.2) is 10.9 Å². The van der Waals surface area contributed by atoms with Crippen molar-refractivity contribution in [3.63, 3.8) is 0 Å². The smallest absolute Gasteiger partial charge is 0.193 e. The second kappa shape index (κ2) is 8.35. The summed E-state index contributed by atoms with van der Waals surface area (Å²) < 4.78 is 6.02. The molecule has 5 heteroatoms. The number of ketones is 1. The zero-order chi connectivity index (χ0) is 19.4.